The normalized spacial score (nSPS) is 16.0. The number of carbonyl (C=O) groups excluding carboxylic acids is 1. The van der Waals surface area contributed by atoms with Crippen LogP contribution in [0.4, 0.5) is 0 Å². The van der Waals surface area contributed by atoms with Crippen LogP contribution in [0.15, 0.2) is 17.2 Å². The molecule has 1 fully saturated rings. The van der Waals surface area contributed by atoms with Crippen molar-refractivity contribution >= 4 is 37.2 Å². The van der Waals surface area contributed by atoms with E-state index in [9.17, 15) is 13.2 Å². The molecule has 8 heteroatoms. The largest absolute Gasteiger partial charge is 0.337 e. The van der Waals surface area contributed by atoms with E-state index in [0.717, 1.165) is 12.8 Å². The van der Waals surface area contributed by atoms with Crippen molar-refractivity contribution in [1.29, 1.82) is 0 Å². The summed E-state index contributed by atoms with van der Waals surface area (Å²) in [6.07, 6.45) is 1.89. The number of halogens is 2. The molecule has 0 N–H and O–H groups in total. The minimum absolute atomic E-state index is 0.0422. The zero-order valence-electron chi connectivity index (χ0n) is 9.27. The number of nitrogens with zero attached hydrogens (tertiary/aromatic N) is 2. The zero-order valence-corrected chi connectivity index (χ0v) is 11.6. The summed E-state index contributed by atoms with van der Waals surface area (Å²) in [7, 11) is 1.15. The lowest BCUT2D eigenvalue weighted by atomic mass is 10.3. The molecule has 98 valence electrons. The Labute approximate surface area is 114 Å². The van der Waals surface area contributed by atoms with Crippen LogP contribution in [0.5, 0.6) is 0 Å². The van der Waals surface area contributed by atoms with Gasteiger partial charge in [0.05, 0.1) is 5.02 Å². The van der Waals surface area contributed by atoms with Gasteiger partial charge in [0, 0.05) is 23.8 Å². The first-order valence-electron chi connectivity index (χ1n) is 5.30. The molecule has 1 aromatic rings. The van der Waals surface area contributed by atoms with Crippen LogP contribution in [0, 0.1) is 0 Å². The van der Waals surface area contributed by atoms with Crippen LogP contribution in [-0.2, 0) is 9.05 Å². The SMILES string of the molecule is O=C(c1ccc(Cl)c(S(=O)(=O)Cl)n1)N1CCCC1. The molecule has 1 aromatic heterocycles. The maximum absolute atomic E-state index is 12.0. The fraction of sp³-hybridized carbons (Fsp3) is 0.400. The van der Waals surface area contributed by atoms with Gasteiger partial charge in [-0.1, -0.05) is 11.6 Å². The third kappa shape index (κ3) is 2.76. The van der Waals surface area contributed by atoms with Gasteiger partial charge >= 0.3 is 0 Å². The number of pyridine rings is 1. The number of hydrogen-bond donors (Lipinski definition) is 0. The van der Waals surface area contributed by atoms with Crippen LogP contribution in [0.3, 0.4) is 0 Å². The third-order valence-corrected chi connectivity index (χ3v) is 4.29. The van der Waals surface area contributed by atoms with Crippen LogP contribution in [-0.4, -0.2) is 37.3 Å². The van der Waals surface area contributed by atoms with Gasteiger partial charge in [-0.3, -0.25) is 4.79 Å². The average Bonchev–Trinajstić information content (AvgIpc) is 2.80. The van der Waals surface area contributed by atoms with E-state index in [1.54, 1.807) is 4.90 Å². The van der Waals surface area contributed by atoms with E-state index in [0.29, 0.717) is 13.1 Å². The highest BCUT2D eigenvalue weighted by atomic mass is 35.7. The molecular weight excluding hydrogens is 299 g/mol. The smallest absolute Gasteiger partial charge is 0.280 e. The Bertz CT molecular complexity index is 583. The Kier molecular flexibility index (Phi) is 3.79. The number of rotatable bonds is 2. The van der Waals surface area contributed by atoms with Crippen LogP contribution >= 0.6 is 22.3 Å². The quantitative estimate of drug-likeness (QED) is 0.783. The third-order valence-electron chi connectivity index (χ3n) is 2.66. The highest BCUT2D eigenvalue weighted by molar-refractivity contribution is 8.13. The Balaban J connectivity index is 2.38. The van der Waals surface area contributed by atoms with E-state index in [-0.39, 0.29) is 16.6 Å². The van der Waals surface area contributed by atoms with E-state index in [1.807, 2.05) is 0 Å². The molecule has 0 saturated carbocycles. The molecule has 5 nitrogen and oxygen atoms in total. The second kappa shape index (κ2) is 5.03. The summed E-state index contributed by atoms with van der Waals surface area (Å²) >= 11 is 5.69. The Morgan fingerprint density at radius 1 is 1.28 bits per heavy atom. The van der Waals surface area contributed by atoms with E-state index >= 15 is 0 Å². The van der Waals surface area contributed by atoms with Gasteiger partial charge in [0.1, 0.15) is 5.69 Å². The second-order valence-corrected chi connectivity index (χ2v) is 6.81. The van der Waals surface area contributed by atoms with Gasteiger partial charge in [-0.15, -0.1) is 0 Å². The molecule has 0 spiro atoms. The second-order valence-electron chi connectivity index (χ2n) is 3.92. The van der Waals surface area contributed by atoms with Gasteiger partial charge in [-0.2, -0.15) is 0 Å². The lowest BCUT2D eigenvalue weighted by molar-refractivity contribution is 0.0786. The lowest BCUT2D eigenvalue weighted by Crippen LogP contribution is -2.28. The maximum Gasteiger partial charge on any atom is 0.280 e. The van der Waals surface area contributed by atoms with Gasteiger partial charge in [-0.25, -0.2) is 13.4 Å². The summed E-state index contributed by atoms with van der Waals surface area (Å²) in [6.45, 7) is 1.32. The maximum atomic E-state index is 12.0. The summed E-state index contributed by atoms with van der Waals surface area (Å²) in [4.78, 5) is 17.4. The first-order chi connectivity index (χ1) is 8.39. The molecule has 0 aromatic carbocycles. The summed E-state index contributed by atoms with van der Waals surface area (Å²) in [5.41, 5.74) is 0.0422. The Morgan fingerprint density at radius 2 is 1.89 bits per heavy atom. The van der Waals surface area contributed by atoms with Crippen molar-refractivity contribution in [2.45, 2.75) is 17.9 Å². The van der Waals surface area contributed by atoms with Gasteiger partial charge in [-0.05, 0) is 25.0 Å². The number of aromatic nitrogens is 1. The van der Waals surface area contributed by atoms with Crippen molar-refractivity contribution in [2.75, 3.05) is 13.1 Å². The highest BCUT2D eigenvalue weighted by Crippen LogP contribution is 2.23. The zero-order chi connectivity index (χ0) is 13.3. The predicted octanol–water partition coefficient (Wildman–Crippen LogP) is 1.90. The predicted molar refractivity (Wildman–Crippen MR) is 67.4 cm³/mol. The molecule has 0 aliphatic carbocycles. The number of likely N-dealkylation sites (tertiary alicyclic amines) is 1. The molecule has 0 bridgehead atoms. The molecule has 18 heavy (non-hydrogen) atoms. The summed E-state index contributed by atoms with van der Waals surface area (Å²) in [5, 5.41) is -0.571. The molecule has 1 aliphatic rings. The number of hydrogen-bond acceptors (Lipinski definition) is 4. The van der Waals surface area contributed by atoms with E-state index in [4.69, 9.17) is 22.3 Å². The van der Waals surface area contributed by atoms with Crippen molar-refractivity contribution in [3.8, 4) is 0 Å². The minimum Gasteiger partial charge on any atom is -0.337 e. The van der Waals surface area contributed by atoms with E-state index in [1.165, 1.54) is 12.1 Å². The molecule has 1 aliphatic heterocycles. The van der Waals surface area contributed by atoms with E-state index in [2.05, 4.69) is 4.98 Å². The van der Waals surface area contributed by atoms with Crippen LogP contribution < -0.4 is 0 Å². The number of carbonyl (C=O) groups is 1. The molecule has 1 amide bonds. The Morgan fingerprint density at radius 3 is 2.44 bits per heavy atom. The van der Waals surface area contributed by atoms with Gasteiger partial charge in [0.25, 0.3) is 15.0 Å². The average molecular weight is 309 g/mol. The van der Waals surface area contributed by atoms with E-state index < -0.39 is 14.1 Å². The first kappa shape index (κ1) is 13.6. The fourth-order valence-corrected chi connectivity index (χ4v) is 3.19. The lowest BCUT2D eigenvalue weighted by Gasteiger charge is -2.14. The summed E-state index contributed by atoms with van der Waals surface area (Å²) in [6, 6.07) is 2.71. The van der Waals surface area contributed by atoms with Crippen LogP contribution in [0.25, 0.3) is 0 Å². The molecule has 2 heterocycles. The topological polar surface area (TPSA) is 67.3 Å². The van der Waals surface area contributed by atoms with Crippen molar-refractivity contribution in [2.24, 2.45) is 0 Å². The molecular formula is C10H10Cl2N2O3S. The van der Waals surface area contributed by atoms with Crippen LogP contribution in [0.1, 0.15) is 23.3 Å². The summed E-state index contributed by atoms with van der Waals surface area (Å²) in [5.74, 6) is -0.300. The first-order valence-corrected chi connectivity index (χ1v) is 7.99. The monoisotopic (exact) mass is 308 g/mol. The summed E-state index contributed by atoms with van der Waals surface area (Å²) < 4.78 is 22.5. The van der Waals surface area contributed by atoms with Crippen LogP contribution in [0.2, 0.25) is 5.02 Å². The highest BCUT2D eigenvalue weighted by Gasteiger charge is 2.24. The van der Waals surface area contributed by atoms with Gasteiger partial charge in [0.15, 0.2) is 5.03 Å². The van der Waals surface area contributed by atoms with Crippen molar-refractivity contribution in [3.05, 3.63) is 22.8 Å². The molecule has 0 unspecified atom stereocenters. The molecule has 2 rings (SSSR count). The molecule has 0 radical (unpaired) electrons. The number of amides is 1. The van der Waals surface area contributed by atoms with Crippen molar-refractivity contribution in [3.63, 3.8) is 0 Å². The minimum atomic E-state index is -4.05. The molecule has 1 saturated heterocycles. The molecule has 0 atom stereocenters. The standard InChI is InChI=1S/C10H10Cl2N2O3S/c11-7-3-4-8(13-9(7)18(12,16)17)10(15)14-5-1-2-6-14/h3-4H,1-2,5-6H2. The van der Waals surface area contributed by atoms with Crippen molar-refractivity contribution < 1.29 is 13.2 Å². The fourth-order valence-electron chi connectivity index (χ4n) is 1.80. The van der Waals surface area contributed by atoms with Gasteiger partial charge < -0.3 is 4.90 Å². The van der Waals surface area contributed by atoms with Crippen molar-refractivity contribution in [1.82, 2.24) is 9.88 Å². The Hall–Kier alpha value is -0.850. The van der Waals surface area contributed by atoms with Gasteiger partial charge in [0.2, 0.25) is 0 Å².